The van der Waals surface area contributed by atoms with Gasteiger partial charge in [-0.25, -0.2) is 0 Å². The molecule has 0 radical (unpaired) electrons. The largest absolute Gasteiger partial charge is 0.424 e. The maximum absolute atomic E-state index is 5.41. The van der Waals surface area contributed by atoms with E-state index >= 15 is 0 Å². The Bertz CT molecular complexity index is 253. The third-order valence-electron chi connectivity index (χ3n) is 1.95. The van der Waals surface area contributed by atoms with Crippen LogP contribution in [0.1, 0.15) is 18.1 Å². The molecule has 13 heavy (non-hydrogen) atoms. The fraction of sp³-hybridized carbons (Fsp3) is 0.273. The van der Waals surface area contributed by atoms with Gasteiger partial charge in [-0.1, -0.05) is 36.9 Å². The first kappa shape index (κ1) is 10.2. The molecular weight excluding hydrogens is 176 g/mol. The van der Waals surface area contributed by atoms with E-state index in [1.807, 2.05) is 13.0 Å². The Morgan fingerprint density at radius 1 is 1.38 bits per heavy atom. The van der Waals surface area contributed by atoms with Gasteiger partial charge in [-0.3, -0.25) is 0 Å². The first-order valence-electron chi connectivity index (χ1n) is 4.66. The molecule has 0 bridgehead atoms. The molecule has 0 saturated carbocycles. The Balaban J connectivity index is 2.44. The third-order valence-corrected chi connectivity index (χ3v) is 3.43. The zero-order valence-electron chi connectivity index (χ0n) is 8.12. The first-order valence-corrected chi connectivity index (χ1v) is 6.23. The van der Waals surface area contributed by atoms with Crippen LogP contribution >= 0.6 is 0 Å². The van der Waals surface area contributed by atoms with Crippen molar-refractivity contribution in [1.82, 2.24) is 0 Å². The molecule has 1 aromatic rings. The minimum atomic E-state index is -0.331. The van der Waals surface area contributed by atoms with E-state index in [0.29, 0.717) is 0 Å². The molecule has 1 nitrogen and oxygen atoms in total. The molecule has 0 heterocycles. The van der Waals surface area contributed by atoms with Crippen LogP contribution in [-0.4, -0.2) is 16.4 Å². The Labute approximate surface area is 82.4 Å². The number of hydrogen-bond acceptors (Lipinski definition) is 1. The van der Waals surface area contributed by atoms with Gasteiger partial charge in [0.15, 0.2) is 9.76 Å². The lowest BCUT2D eigenvalue weighted by Crippen LogP contribution is -2.02. The van der Waals surface area contributed by atoms with Gasteiger partial charge < -0.3 is 4.43 Å². The van der Waals surface area contributed by atoms with E-state index in [-0.39, 0.29) is 9.76 Å². The fourth-order valence-electron chi connectivity index (χ4n) is 1.15. The van der Waals surface area contributed by atoms with Crippen molar-refractivity contribution in [2.45, 2.75) is 13.0 Å². The lowest BCUT2D eigenvalue weighted by Gasteiger charge is -2.01. The van der Waals surface area contributed by atoms with Crippen LogP contribution in [0, 0.1) is 0 Å². The normalized spacial score (nSPS) is 10.8. The van der Waals surface area contributed by atoms with E-state index < -0.39 is 0 Å². The van der Waals surface area contributed by atoms with Crippen LogP contribution in [0.4, 0.5) is 0 Å². The predicted molar refractivity (Wildman–Crippen MR) is 60.4 cm³/mol. The van der Waals surface area contributed by atoms with Crippen LogP contribution in [0.2, 0.25) is 0 Å². The average Bonchev–Trinajstić information content (AvgIpc) is 2.19. The lowest BCUT2D eigenvalue weighted by molar-refractivity contribution is 0.360. The summed E-state index contributed by atoms with van der Waals surface area (Å²) in [6.07, 6.45) is 1.86. The highest BCUT2D eigenvalue weighted by Gasteiger charge is 1.93. The zero-order valence-corrected chi connectivity index (χ0v) is 9.54. The Kier molecular flexibility index (Phi) is 4.50. The molecule has 0 aliphatic rings. The summed E-state index contributed by atoms with van der Waals surface area (Å²) in [5.41, 5.74) is 2.56. The van der Waals surface area contributed by atoms with Crippen LogP contribution < -0.4 is 0 Å². The number of hydrogen-bond donors (Lipinski definition) is 0. The van der Waals surface area contributed by atoms with Gasteiger partial charge in [-0.2, -0.15) is 0 Å². The van der Waals surface area contributed by atoms with Crippen molar-refractivity contribution in [3.63, 3.8) is 0 Å². The first-order chi connectivity index (χ1) is 6.36. The van der Waals surface area contributed by atoms with E-state index in [9.17, 15) is 0 Å². The molecule has 0 atom stereocenters. The molecule has 2 heteroatoms. The second kappa shape index (κ2) is 5.73. The number of benzene rings is 1. The van der Waals surface area contributed by atoms with E-state index in [1.54, 1.807) is 0 Å². The fourth-order valence-corrected chi connectivity index (χ4v) is 2.16. The lowest BCUT2D eigenvalue weighted by atomic mass is 10.1. The zero-order chi connectivity index (χ0) is 9.52. The molecule has 0 aliphatic heterocycles. The van der Waals surface area contributed by atoms with Crippen LogP contribution in [0.15, 0.2) is 30.8 Å². The van der Waals surface area contributed by atoms with Crippen molar-refractivity contribution in [2.24, 2.45) is 0 Å². The maximum atomic E-state index is 5.41. The summed E-state index contributed by atoms with van der Waals surface area (Å²) in [7, 11) is -0.331. The Morgan fingerprint density at radius 2 is 2.08 bits per heavy atom. The highest BCUT2D eigenvalue weighted by Crippen LogP contribution is 2.05. The van der Waals surface area contributed by atoms with E-state index in [1.165, 1.54) is 11.1 Å². The molecule has 1 rings (SSSR count). The van der Waals surface area contributed by atoms with E-state index in [2.05, 4.69) is 30.8 Å². The third kappa shape index (κ3) is 3.57. The monoisotopic (exact) mass is 192 g/mol. The molecule has 0 N–H and O–H groups in total. The molecule has 0 spiro atoms. The van der Waals surface area contributed by atoms with Crippen molar-refractivity contribution < 1.29 is 4.43 Å². The van der Waals surface area contributed by atoms with Crippen molar-refractivity contribution in [2.75, 3.05) is 6.61 Å². The van der Waals surface area contributed by atoms with Gasteiger partial charge in [0.25, 0.3) is 0 Å². The second-order valence-electron chi connectivity index (χ2n) is 2.89. The van der Waals surface area contributed by atoms with Crippen molar-refractivity contribution in [3.05, 3.63) is 42.0 Å². The molecule has 0 amide bonds. The second-order valence-corrected chi connectivity index (χ2v) is 4.21. The molecule has 0 saturated heterocycles. The van der Waals surface area contributed by atoms with Crippen LogP contribution in [0.3, 0.4) is 0 Å². The summed E-state index contributed by atoms with van der Waals surface area (Å²) >= 11 is 0. The average molecular weight is 192 g/mol. The topological polar surface area (TPSA) is 9.23 Å². The SMILES string of the molecule is C=Cc1ccc(C[SiH2]OCC)cc1. The number of rotatable bonds is 5. The van der Waals surface area contributed by atoms with E-state index in [4.69, 9.17) is 4.43 Å². The Hall–Kier alpha value is -0.863. The van der Waals surface area contributed by atoms with Gasteiger partial charge in [0.2, 0.25) is 0 Å². The molecule has 0 unspecified atom stereocenters. The molecule has 0 fully saturated rings. The van der Waals surface area contributed by atoms with Gasteiger partial charge in [0, 0.05) is 6.61 Å². The van der Waals surface area contributed by atoms with Crippen LogP contribution in [-0.2, 0) is 10.5 Å². The molecule has 70 valence electrons. The Morgan fingerprint density at radius 3 is 2.62 bits per heavy atom. The quantitative estimate of drug-likeness (QED) is 0.512. The van der Waals surface area contributed by atoms with Crippen LogP contribution in [0.5, 0.6) is 0 Å². The van der Waals surface area contributed by atoms with Crippen molar-refractivity contribution in [3.8, 4) is 0 Å². The smallest absolute Gasteiger partial charge is 0.165 e. The summed E-state index contributed by atoms with van der Waals surface area (Å²) in [5.74, 6) is 0. The minimum absolute atomic E-state index is 0.331. The molecule has 0 aromatic heterocycles. The minimum Gasteiger partial charge on any atom is -0.424 e. The summed E-state index contributed by atoms with van der Waals surface area (Å²) in [5, 5.41) is 0. The maximum Gasteiger partial charge on any atom is 0.165 e. The highest BCUT2D eigenvalue weighted by atomic mass is 28.2. The van der Waals surface area contributed by atoms with Crippen molar-refractivity contribution in [1.29, 1.82) is 0 Å². The summed E-state index contributed by atoms with van der Waals surface area (Å²) in [4.78, 5) is 0. The van der Waals surface area contributed by atoms with Gasteiger partial charge in [-0.05, 0) is 24.1 Å². The van der Waals surface area contributed by atoms with Crippen LogP contribution in [0.25, 0.3) is 6.08 Å². The van der Waals surface area contributed by atoms with E-state index in [0.717, 1.165) is 12.7 Å². The van der Waals surface area contributed by atoms with Gasteiger partial charge in [0.1, 0.15) is 0 Å². The summed E-state index contributed by atoms with van der Waals surface area (Å²) in [6, 6.07) is 9.64. The highest BCUT2D eigenvalue weighted by molar-refractivity contribution is 6.26. The summed E-state index contributed by atoms with van der Waals surface area (Å²) < 4.78 is 5.41. The standard InChI is InChI=1S/C11H16OSi/c1-3-10-5-7-11(8-6-10)9-13-12-4-2/h3,5-8H,1,4,9,13H2,2H3. The predicted octanol–water partition coefficient (Wildman–Crippen LogP) is 1.95. The molecule has 1 aromatic carbocycles. The van der Waals surface area contributed by atoms with Gasteiger partial charge >= 0.3 is 0 Å². The van der Waals surface area contributed by atoms with Gasteiger partial charge in [0.05, 0.1) is 0 Å². The van der Waals surface area contributed by atoms with Crippen molar-refractivity contribution >= 4 is 15.8 Å². The van der Waals surface area contributed by atoms with Gasteiger partial charge in [-0.15, -0.1) is 0 Å². The molecular formula is C11H16OSi. The molecule has 0 aliphatic carbocycles. The summed E-state index contributed by atoms with van der Waals surface area (Å²) in [6.45, 7) is 6.63.